The second kappa shape index (κ2) is 6.37. The molecule has 2 aromatic heterocycles. The molecule has 0 saturated carbocycles. The fourth-order valence-corrected chi connectivity index (χ4v) is 4.45. The van der Waals surface area contributed by atoms with Crippen molar-refractivity contribution in [3.05, 3.63) is 46.7 Å². The fourth-order valence-electron chi connectivity index (χ4n) is 3.79. The Morgan fingerprint density at radius 2 is 2.17 bits per heavy atom. The number of hydrogen-bond acceptors (Lipinski definition) is 5. The normalized spacial score (nSPS) is 24.6. The molecule has 4 rings (SSSR count). The van der Waals surface area contributed by atoms with Gasteiger partial charge in [0.25, 0.3) is 5.91 Å². The monoisotopic (exact) mass is 328 g/mol. The van der Waals surface area contributed by atoms with Gasteiger partial charge in [0.1, 0.15) is 5.69 Å². The lowest BCUT2D eigenvalue weighted by Crippen LogP contribution is -2.43. The lowest BCUT2D eigenvalue weighted by molar-refractivity contribution is 0.0635. The van der Waals surface area contributed by atoms with Crippen molar-refractivity contribution in [3.8, 4) is 0 Å². The first-order chi connectivity index (χ1) is 11.3. The van der Waals surface area contributed by atoms with Gasteiger partial charge in [0.2, 0.25) is 0 Å². The minimum absolute atomic E-state index is 0.0211. The Morgan fingerprint density at radius 3 is 2.96 bits per heavy atom. The number of nitrogens with zero attached hydrogens (tertiary/aromatic N) is 4. The topological polar surface area (TPSA) is 49.3 Å². The summed E-state index contributed by atoms with van der Waals surface area (Å²) in [6.07, 6.45) is 5.84. The number of hydrogen-bond donors (Lipinski definition) is 0. The average Bonchev–Trinajstić information content (AvgIpc) is 3.23. The molecule has 0 aromatic carbocycles. The number of carbonyl (C=O) groups is 1. The molecular formula is C17H20N4OS. The maximum Gasteiger partial charge on any atom is 0.274 e. The lowest BCUT2D eigenvalue weighted by atomic mass is 9.88. The van der Waals surface area contributed by atoms with Gasteiger partial charge in [-0.3, -0.25) is 14.7 Å². The zero-order chi connectivity index (χ0) is 15.6. The van der Waals surface area contributed by atoms with Crippen LogP contribution in [0.5, 0.6) is 0 Å². The number of rotatable bonds is 3. The van der Waals surface area contributed by atoms with Gasteiger partial charge >= 0.3 is 0 Å². The van der Waals surface area contributed by atoms with Gasteiger partial charge in [0, 0.05) is 45.1 Å². The summed E-state index contributed by atoms with van der Waals surface area (Å²) in [6.45, 7) is 4.97. The van der Waals surface area contributed by atoms with Crippen LogP contribution in [-0.2, 0) is 6.54 Å². The minimum atomic E-state index is 0.0211. The summed E-state index contributed by atoms with van der Waals surface area (Å²) in [5, 5.41) is 4.37. The highest BCUT2D eigenvalue weighted by atomic mass is 32.1. The van der Waals surface area contributed by atoms with Crippen molar-refractivity contribution in [3.63, 3.8) is 0 Å². The summed E-state index contributed by atoms with van der Waals surface area (Å²) in [7, 11) is 0. The Balaban J connectivity index is 1.39. The second-order valence-corrected chi connectivity index (χ2v) is 7.26. The Labute approximate surface area is 140 Å². The van der Waals surface area contributed by atoms with Gasteiger partial charge in [-0.15, -0.1) is 0 Å². The van der Waals surface area contributed by atoms with Gasteiger partial charge < -0.3 is 4.90 Å². The van der Waals surface area contributed by atoms with Crippen LogP contribution in [0.1, 0.15) is 22.5 Å². The molecule has 0 aliphatic carbocycles. The third-order valence-electron chi connectivity index (χ3n) is 4.93. The zero-order valence-electron chi connectivity index (χ0n) is 13.0. The fraction of sp³-hybridized carbons (Fsp3) is 0.471. The number of thiophene rings is 1. The van der Waals surface area contributed by atoms with Crippen LogP contribution in [0.2, 0.25) is 0 Å². The molecule has 2 aliphatic heterocycles. The molecule has 23 heavy (non-hydrogen) atoms. The van der Waals surface area contributed by atoms with Gasteiger partial charge in [0.15, 0.2) is 0 Å². The number of likely N-dealkylation sites (tertiary alicyclic amines) is 2. The van der Waals surface area contributed by atoms with Crippen LogP contribution in [0.4, 0.5) is 0 Å². The van der Waals surface area contributed by atoms with Crippen LogP contribution < -0.4 is 0 Å². The van der Waals surface area contributed by atoms with Crippen molar-refractivity contribution < 1.29 is 4.79 Å². The summed E-state index contributed by atoms with van der Waals surface area (Å²) in [6, 6.07) is 2.20. The second-order valence-electron chi connectivity index (χ2n) is 6.48. The van der Waals surface area contributed by atoms with E-state index in [2.05, 4.69) is 31.7 Å². The third-order valence-corrected chi connectivity index (χ3v) is 5.66. The Bertz CT molecular complexity index is 660. The molecule has 2 aliphatic rings. The highest BCUT2D eigenvalue weighted by Crippen LogP contribution is 2.32. The molecule has 1 amide bonds. The van der Waals surface area contributed by atoms with E-state index in [9.17, 15) is 4.79 Å². The van der Waals surface area contributed by atoms with E-state index >= 15 is 0 Å². The summed E-state index contributed by atoms with van der Waals surface area (Å²) < 4.78 is 0. The van der Waals surface area contributed by atoms with Crippen molar-refractivity contribution in [2.24, 2.45) is 11.8 Å². The molecule has 120 valence electrons. The van der Waals surface area contributed by atoms with Crippen LogP contribution in [0.25, 0.3) is 0 Å². The zero-order valence-corrected chi connectivity index (χ0v) is 13.8. The van der Waals surface area contributed by atoms with E-state index in [0.717, 1.165) is 45.1 Å². The largest absolute Gasteiger partial charge is 0.337 e. The summed E-state index contributed by atoms with van der Waals surface area (Å²) in [5.41, 5.74) is 1.86. The number of piperidine rings is 1. The quantitative estimate of drug-likeness (QED) is 0.866. The predicted molar refractivity (Wildman–Crippen MR) is 89.1 cm³/mol. The first kappa shape index (κ1) is 14.8. The average molecular weight is 328 g/mol. The van der Waals surface area contributed by atoms with Crippen LogP contribution in [0, 0.1) is 11.8 Å². The molecule has 0 unspecified atom stereocenters. The van der Waals surface area contributed by atoms with Crippen LogP contribution in [0.15, 0.2) is 35.4 Å². The third kappa shape index (κ3) is 3.14. The highest BCUT2D eigenvalue weighted by molar-refractivity contribution is 7.07. The van der Waals surface area contributed by atoms with Gasteiger partial charge in [-0.2, -0.15) is 11.3 Å². The van der Waals surface area contributed by atoms with Crippen molar-refractivity contribution in [2.45, 2.75) is 13.0 Å². The van der Waals surface area contributed by atoms with Gasteiger partial charge in [-0.25, -0.2) is 4.98 Å². The number of aromatic nitrogens is 2. The molecule has 0 bridgehead atoms. The molecule has 2 aromatic rings. The van der Waals surface area contributed by atoms with E-state index in [-0.39, 0.29) is 5.91 Å². The number of carbonyl (C=O) groups excluding carboxylic acids is 1. The number of fused-ring (bicyclic) bond motifs is 1. The molecule has 2 saturated heterocycles. The van der Waals surface area contributed by atoms with Crippen molar-refractivity contribution >= 4 is 17.2 Å². The summed E-state index contributed by atoms with van der Waals surface area (Å²) in [5.74, 6) is 1.33. The first-order valence-corrected chi connectivity index (χ1v) is 9.02. The van der Waals surface area contributed by atoms with Crippen molar-refractivity contribution in [2.75, 3.05) is 26.2 Å². The molecule has 0 radical (unpaired) electrons. The number of amides is 1. The van der Waals surface area contributed by atoms with Crippen molar-refractivity contribution in [1.82, 2.24) is 19.8 Å². The standard InChI is InChI=1S/C17H20N4OS/c22-17(16-7-18-3-4-19-16)21-5-1-14-9-20(10-15(14)11-21)8-13-2-6-23-12-13/h2-4,6-7,12,14-15H,1,5,8-11H2/t14-,15-/m1/s1. The SMILES string of the molecule is O=C(c1cnccn1)N1CC[C@@H]2CN(Cc3ccsc3)C[C@@H]2C1. The van der Waals surface area contributed by atoms with E-state index in [1.807, 2.05) is 4.90 Å². The van der Waals surface area contributed by atoms with E-state index in [0.29, 0.717) is 11.6 Å². The van der Waals surface area contributed by atoms with Gasteiger partial charge in [0.05, 0.1) is 6.20 Å². The van der Waals surface area contributed by atoms with Crippen LogP contribution in [-0.4, -0.2) is 51.9 Å². The summed E-state index contributed by atoms with van der Waals surface area (Å²) >= 11 is 1.76. The molecule has 0 spiro atoms. The van der Waals surface area contributed by atoms with E-state index in [1.165, 1.54) is 5.56 Å². The Hall–Kier alpha value is -1.79. The highest BCUT2D eigenvalue weighted by Gasteiger charge is 2.38. The Kier molecular flexibility index (Phi) is 4.10. The van der Waals surface area contributed by atoms with Gasteiger partial charge in [-0.1, -0.05) is 0 Å². The minimum Gasteiger partial charge on any atom is -0.337 e. The molecule has 6 heteroatoms. The maximum absolute atomic E-state index is 12.5. The van der Waals surface area contributed by atoms with Crippen LogP contribution in [0.3, 0.4) is 0 Å². The smallest absolute Gasteiger partial charge is 0.274 e. The lowest BCUT2D eigenvalue weighted by Gasteiger charge is -2.34. The summed E-state index contributed by atoms with van der Waals surface area (Å²) in [4.78, 5) is 25.2. The predicted octanol–water partition coefficient (Wildman–Crippen LogP) is 2.13. The van der Waals surface area contributed by atoms with Gasteiger partial charge in [-0.05, 0) is 40.6 Å². The Morgan fingerprint density at radius 1 is 1.26 bits per heavy atom. The maximum atomic E-state index is 12.5. The van der Waals surface area contributed by atoms with Crippen LogP contribution >= 0.6 is 11.3 Å². The molecule has 2 atom stereocenters. The molecule has 4 heterocycles. The molecular weight excluding hydrogens is 308 g/mol. The van der Waals surface area contributed by atoms with E-state index in [4.69, 9.17) is 0 Å². The van der Waals surface area contributed by atoms with E-state index < -0.39 is 0 Å². The van der Waals surface area contributed by atoms with Crippen molar-refractivity contribution in [1.29, 1.82) is 0 Å². The molecule has 0 N–H and O–H groups in total. The molecule has 2 fully saturated rings. The molecule has 5 nitrogen and oxygen atoms in total. The first-order valence-electron chi connectivity index (χ1n) is 8.08. The van der Waals surface area contributed by atoms with E-state index in [1.54, 1.807) is 29.9 Å².